The van der Waals surface area contributed by atoms with Gasteiger partial charge in [-0.25, -0.2) is 0 Å². The van der Waals surface area contributed by atoms with Gasteiger partial charge < -0.3 is 19.5 Å². The number of hydrogen-bond donors (Lipinski definition) is 1. The number of ether oxygens (including phenoxy) is 2. The number of aliphatic hydroxyl groups excluding tert-OH is 1. The minimum absolute atomic E-state index is 0.00737. The molecule has 0 radical (unpaired) electrons. The van der Waals surface area contributed by atoms with Crippen molar-refractivity contribution in [2.75, 3.05) is 20.3 Å². The van der Waals surface area contributed by atoms with Crippen molar-refractivity contribution in [2.24, 2.45) is 0 Å². The van der Waals surface area contributed by atoms with E-state index in [4.69, 9.17) is 21.1 Å². The molecule has 1 aliphatic rings. The topological polar surface area (TPSA) is 76.1 Å². The number of nitrogens with zero attached hydrogens (tertiary/aromatic N) is 1. The molecule has 1 aliphatic heterocycles. The van der Waals surface area contributed by atoms with Gasteiger partial charge in [-0.3, -0.25) is 9.59 Å². The fourth-order valence-corrected chi connectivity index (χ4v) is 4.13. The highest BCUT2D eigenvalue weighted by molar-refractivity contribution is 6.46. The number of Topliss-reactive ketones (excluding diaryl/α,β-unsaturated/α-hetero) is 1. The fraction of sp³-hybridized carbons (Fsp3) is 0.385. The van der Waals surface area contributed by atoms with Gasteiger partial charge in [-0.1, -0.05) is 49.7 Å². The minimum Gasteiger partial charge on any atom is -0.507 e. The second-order valence-electron chi connectivity index (χ2n) is 8.58. The lowest BCUT2D eigenvalue weighted by atomic mass is 9.93. The van der Waals surface area contributed by atoms with Crippen molar-refractivity contribution in [1.29, 1.82) is 0 Å². The first-order chi connectivity index (χ1) is 15.6. The summed E-state index contributed by atoms with van der Waals surface area (Å²) in [5, 5.41) is 11.4. The largest absolute Gasteiger partial charge is 0.507 e. The fourth-order valence-electron chi connectivity index (χ4n) is 3.88. The Kier molecular flexibility index (Phi) is 7.82. The van der Waals surface area contributed by atoms with Crippen LogP contribution in [0.15, 0.2) is 48.0 Å². The van der Waals surface area contributed by atoms with Crippen LogP contribution in [0.3, 0.4) is 0 Å². The molecule has 0 spiro atoms. The van der Waals surface area contributed by atoms with E-state index in [0.29, 0.717) is 22.3 Å². The Morgan fingerprint density at radius 2 is 1.76 bits per heavy atom. The van der Waals surface area contributed by atoms with Crippen LogP contribution in [0, 0.1) is 0 Å². The second-order valence-corrected chi connectivity index (χ2v) is 8.99. The second kappa shape index (κ2) is 10.4. The minimum atomic E-state index is -0.734. The SMILES string of the molecule is COc1ccc(/C(O)=C2/C(=O)C(=O)N(CCOC(C)C)C2c2ccc(C(C)C)cc2)cc1Cl. The quantitative estimate of drug-likeness (QED) is 0.320. The van der Waals surface area contributed by atoms with E-state index in [1.54, 1.807) is 12.1 Å². The molecule has 1 atom stereocenters. The summed E-state index contributed by atoms with van der Waals surface area (Å²) in [7, 11) is 1.49. The van der Waals surface area contributed by atoms with Crippen LogP contribution in [-0.4, -0.2) is 48.1 Å². The number of amides is 1. The first-order valence-electron chi connectivity index (χ1n) is 11.0. The summed E-state index contributed by atoms with van der Waals surface area (Å²) in [6, 6.07) is 11.8. The maximum atomic E-state index is 13.1. The van der Waals surface area contributed by atoms with Crippen LogP contribution < -0.4 is 4.74 Å². The Hall–Kier alpha value is -2.83. The van der Waals surface area contributed by atoms with E-state index in [1.165, 1.54) is 18.1 Å². The molecule has 1 N–H and O–H groups in total. The van der Waals surface area contributed by atoms with Gasteiger partial charge in [-0.05, 0) is 49.1 Å². The maximum Gasteiger partial charge on any atom is 0.295 e. The Balaban J connectivity index is 2.10. The summed E-state index contributed by atoms with van der Waals surface area (Å²) in [6.45, 7) is 8.50. The molecule has 3 rings (SSSR count). The van der Waals surface area contributed by atoms with Crippen molar-refractivity contribution in [1.82, 2.24) is 4.90 Å². The summed E-state index contributed by atoms with van der Waals surface area (Å²) in [4.78, 5) is 27.5. The third-order valence-corrected chi connectivity index (χ3v) is 5.96. The van der Waals surface area contributed by atoms with Crippen LogP contribution in [0.2, 0.25) is 5.02 Å². The van der Waals surface area contributed by atoms with Crippen molar-refractivity contribution in [3.05, 3.63) is 69.8 Å². The first kappa shape index (κ1) is 24.8. The summed E-state index contributed by atoms with van der Waals surface area (Å²) in [5.74, 6) is -0.891. The standard InChI is InChI=1S/C26H30ClNO5/c1-15(2)17-6-8-18(9-7-17)23-22(24(29)19-10-11-21(32-5)20(27)14-19)25(30)26(31)28(23)12-13-33-16(3)4/h6-11,14-16,23,29H,12-13H2,1-5H3/b24-22-. The van der Waals surface area contributed by atoms with Crippen LogP contribution in [0.4, 0.5) is 0 Å². The molecule has 1 saturated heterocycles. The highest BCUT2D eigenvalue weighted by Crippen LogP contribution is 2.40. The average molecular weight is 472 g/mol. The number of carbonyl (C=O) groups is 2. The highest BCUT2D eigenvalue weighted by Gasteiger charge is 2.46. The Labute approximate surface area is 199 Å². The number of ketones is 1. The van der Waals surface area contributed by atoms with Crippen LogP contribution >= 0.6 is 11.6 Å². The number of benzene rings is 2. The van der Waals surface area contributed by atoms with Gasteiger partial charge in [0, 0.05) is 12.1 Å². The number of methoxy groups -OCH3 is 1. The maximum absolute atomic E-state index is 13.1. The molecule has 1 amide bonds. The van der Waals surface area contributed by atoms with E-state index in [1.807, 2.05) is 38.1 Å². The van der Waals surface area contributed by atoms with E-state index >= 15 is 0 Å². The number of likely N-dealkylation sites (tertiary alicyclic amines) is 1. The summed E-state index contributed by atoms with van der Waals surface area (Å²) in [6.07, 6.45) is -0.00737. The van der Waals surface area contributed by atoms with Gasteiger partial charge in [-0.2, -0.15) is 0 Å². The molecular formula is C26H30ClNO5. The molecule has 0 aliphatic carbocycles. The van der Waals surface area contributed by atoms with Gasteiger partial charge in [0.25, 0.3) is 11.7 Å². The van der Waals surface area contributed by atoms with Crippen molar-refractivity contribution in [3.8, 4) is 5.75 Å². The Morgan fingerprint density at radius 3 is 2.30 bits per heavy atom. The van der Waals surface area contributed by atoms with Gasteiger partial charge >= 0.3 is 0 Å². The lowest BCUT2D eigenvalue weighted by molar-refractivity contribution is -0.140. The van der Waals surface area contributed by atoms with E-state index in [-0.39, 0.29) is 30.6 Å². The predicted octanol–water partition coefficient (Wildman–Crippen LogP) is 5.32. The zero-order valence-electron chi connectivity index (χ0n) is 19.6. The summed E-state index contributed by atoms with van der Waals surface area (Å²) < 4.78 is 10.8. The normalized spacial score (nSPS) is 17.9. The lowest BCUT2D eigenvalue weighted by Crippen LogP contribution is -2.33. The number of carbonyl (C=O) groups excluding carboxylic acids is 2. The molecule has 7 heteroatoms. The molecule has 176 valence electrons. The van der Waals surface area contributed by atoms with Crippen LogP contribution in [0.5, 0.6) is 5.75 Å². The van der Waals surface area contributed by atoms with E-state index in [9.17, 15) is 14.7 Å². The lowest BCUT2D eigenvalue weighted by Gasteiger charge is -2.26. The van der Waals surface area contributed by atoms with Crippen LogP contribution in [0.25, 0.3) is 5.76 Å². The number of aliphatic hydroxyl groups is 1. The number of halogens is 1. The zero-order valence-corrected chi connectivity index (χ0v) is 20.3. The smallest absolute Gasteiger partial charge is 0.295 e. The van der Waals surface area contributed by atoms with Gasteiger partial charge in [-0.15, -0.1) is 0 Å². The third-order valence-electron chi connectivity index (χ3n) is 5.67. The monoisotopic (exact) mass is 471 g/mol. The molecule has 1 fully saturated rings. The van der Waals surface area contributed by atoms with E-state index < -0.39 is 17.7 Å². The van der Waals surface area contributed by atoms with Gasteiger partial charge in [0.2, 0.25) is 0 Å². The Morgan fingerprint density at radius 1 is 1.09 bits per heavy atom. The molecule has 0 saturated carbocycles. The molecule has 0 bridgehead atoms. The molecule has 1 unspecified atom stereocenters. The molecule has 0 aromatic heterocycles. The molecule has 2 aromatic rings. The average Bonchev–Trinajstić information content (AvgIpc) is 3.03. The van der Waals surface area contributed by atoms with Crippen molar-refractivity contribution >= 4 is 29.1 Å². The predicted molar refractivity (Wildman–Crippen MR) is 129 cm³/mol. The molecule has 33 heavy (non-hydrogen) atoms. The van der Waals surface area contributed by atoms with Crippen molar-refractivity contribution in [3.63, 3.8) is 0 Å². The Bertz CT molecular complexity index is 1060. The summed E-state index contributed by atoms with van der Waals surface area (Å²) in [5.41, 5.74) is 2.24. The molecule has 2 aromatic carbocycles. The molecular weight excluding hydrogens is 442 g/mol. The molecule has 6 nitrogen and oxygen atoms in total. The van der Waals surface area contributed by atoms with E-state index in [2.05, 4.69) is 13.8 Å². The third kappa shape index (κ3) is 5.23. The van der Waals surface area contributed by atoms with Crippen molar-refractivity contribution in [2.45, 2.75) is 45.8 Å². The summed E-state index contributed by atoms with van der Waals surface area (Å²) >= 11 is 6.24. The van der Waals surface area contributed by atoms with Gasteiger partial charge in [0.05, 0.1) is 36.5 Å². The van der Waals surface area contributed by atoms with Crippen LogP contribution in [-0.2, 0) is 14.3 Å². The van der Waals surface area contributed by atoms with Crippen LogP contribution in [0.1, 0.15) is 56.3 Å². The first-order valence-corrected chi connectivity index (χ1v) is 11.4. The highest BCUT2D eigenvalue weighted by atomic mass is 35.5. The number of hydrogen-bond acceptors (Lipinski definition) is 5. The van der Waals surface area contributed by atoms with Gasteiger partial charge in [0.1, 0.15) is 11.5 Å². The molecule has 1 heterocycles. The van der Waals surface area contributed by atoms with Gasteiger partial charge in [0.15, 0.2) is 0 Å². The van der Waals surface area contributed by atoms with Crippen molar-refractivity contribution < 1.29 is 24.2 Å². The zero-order chi connectivity index (χ0) is 24.3. The van der Waals surface area contributed by atoms with E-state index in [0.717, 1.165) is 11.1 Å². The number of rotatable bonds is 8.